The molecule has 1 heterocycles. The molecule has 0 atom stereocenters. The molecule has 0 saturated carbocycles. The highest BCUT2D eigenvalue weighted by Crippen LogP contribution is 2.20. The van der Waals surface area contributed by atoms with Gasteiger partial charge in [0, 0.05) is 0 Å². The summed E-state index contributed by atoms with van der Waals surface area (Å²) < 4.78 is 12.9. The van der Waals surface area contributed by atoms with Crippen LogP contribution in [0.5, 0.6) is 11.5 Å². The molecule has 5 heteroatoms. The average Bonchev–Trinajstić information content (AvgIpc) is 3.03. The van der Waals surface area contributed by atoms with Crippen molar-refractivity contribution in [3.8, 4) is 11.5 Å². The Morgan fingerprint density at radius 3 is 2.37 bits per heavy atom. The summed E-state index contributed by atoms with van der Waals surface area (Å²) in [5.74, 6) is 1.49. The minimum atomic E-state index is -0.119. The first kappa shape index (κ1) is 17.0. The molecule has 0 aliphatic rings. The number of aromatic amines is 1. The van der Waals surface area contributed by atoms with E-state index in [9.17, 15) is 4.79 Å². The van der Waals surface area contributed by atoms with Gasteiger partial charge in [-0.25, -0.2) is 0 Å². The van der Waals surface area contributed by atoms with Gasteiger partial charge in [-0.1, -0.05) is 42.5 Å². The molecule has 136 valence electrons. The minimum absolute atomic E-state index is 0.119. The van der Waals surface area contributed by atoms with Gasteiger partial charge in [0.1, 0.15) is 18.1 Å². The van der Waals surface area contributed by atoms with E-state index in [1.54, 1.807) is 13.2 Å². The Labute approximate surface area is 156 Å². The van der Waals surface area contributed by atoms with Gasteiger partial charge in [-0.3, -0.25) is 14.6 Å². The lowest BCUT2D eigenvalue weighted by molar-refractivity contribution is 0.306. The third kappa shape index (κ3) is 3.72. The second kappa shape index (κ2) is 7.41. The molecule has 4 rings (SSSR count). The van der Waals surface area contributed by atoms with Gasteiger partial charge in [0.2, 0.25) is 0 Å². The molecule has 0 spiro atoms. The number of fused-ring (bicyclic) bond motifs is 1. The lowest BCUT2D eigenvalue weighted by Crippen LogP contribution is -2.06. The second-order valence-electron chi connectivity index (χ2n) is 6.33. The fourth-order valence-corrected chi connectivity index (χ4v) is 3.04. The Morgan fingerprint density at radius 2 is 1.63 bits per heavy atom. The normalized spacial score (nSPS) is 10.9. The van der Waals surface area contributed by atoms with E-state index in [0.29, 0.717) is 24.3 Å². The van der Waals surface area contributed by atoms with Crippen LogP contribution in [0.1, 0.15) is 11.1 Å². The molecular weight excluding hydrogens is 340 g/mol. The number of rotatable bonds is 6. The highest BCUT2D eigenvalue weighted by Gasteiger charge is 2.08. The molecule has 0 bridgehead atoms. The quantitative estimate of drug-likeness (QED) is 0.566. The van der Waals surface area contributed by atoms with Gasteiger partial charge in [-0.15, -0.1) is 0 Å². The molecular formula is C22H20N2O3. The number of aromatic nitrogens is 2. The summed E-state index contributed by atoms with van der Waals surface area (Å²) in [5.41, 5.74) is 2.94. The predicted octanol–water partition coefficient (Wildman–Crippen LogP) is 3.97. The number of hydrogen-bond acceptors (Lipinski definition) is 3. The molecule has 3 aromatic carbocycles. The van der Waals surface area contributed by atoms with E-state index < -0.39 is 0 Å². The van der Waals surface area contributed by atoms with Crippen LogP contribution in [0.2, 0.25) is 0 Å². The zero-order valence-corrected chi connectivity index (χ0v) is 15.0. The van der Waals surface area contributed by atoms with E-state index in [0.717, 1.165) is 22.4 Å². The molecule has 0 unspecified atom stereocenters. The summed E-state index contributed by atoms with van der Waals surface area (Å²) in [6, 6.07) is 23.5. The Bertz CT molecular complexity index is 1100. The van der Waals surface area contributed by atoms with Gasteiger partial charge in [0.05, 0.1) is 24.6 Å². The van der Waals surface area contributed by atoms with E-state index in [1.165, 1.54) is 0 Å². The van der Waals surface area contributed by atoms with Crippen molar-refractivity contribution >= 4 is 10.9 Å². The highest BCUT2D eigenvalue weighted by molar-refractivity contribution is 5.80. The molecule has 27 heavy (non-hydrogen) atoms. The summed E-state index contributed by atoms with van der Waals surface area (Å²) >= 11 is 0. The van der Waals surface area contributed by atoms with Gasteiger partial charge >= 0.3 is 0 Å². The molecule has 0 amide bonds. The first-order valence-corrected chi connectivity index (χ1v) is 8.75. The van der Waals surface area contributed by atoms with Crippen LogP contribution in [-0.2, 0) is 13.2 Å². The number of methoxy groups -OCH3 is 1. The molecule has 0 aliphatic carbocycles. The van der Waals surface area contributed by atoms with Crippen molar-refractivity contribution in [2.75, 3.05) is 7.11 Å². The fourth-order valence-electron chi connectivity index (χ4n) is 3.04. The number of nitrogens with one attached hydrogen (secondary N) is 1. The third-order valence-electron chi connectivity index (χ3n) is 4.49. The maximum absolute atomic E-state index is 12.2. The molecule has 0 radical (unpaired) electrons. The Balaban J connectivity index is 1.48. The Hall–Kier alpha value is -3.47. The van der Waals surface area contributed by atoms with E-state index in [-0.39, 0.29) is 5.56 Å². The SMILES string of the molecule is COc1ccc2c(c1)c(=O)[nH]n2Cc1ccc(OCc2ccccc2)cc1. The lowest BCUT2D eigenvalue weighted by Gasteiger charge is -2.09. The summed E-state index contributed by atoms with van der Waals surface area (Å²) in [6.07, 6.45) is 0. The number of benzene rings is 3. The largest absolute Gasteiger partial charge is 0.497 e. The van der Waals surface area contributed by atoms with E-state index in [1.807, 2.05) is 71.4 Å². The van der Waals surface area contributed by atoms with Gasteiger partial charge in [0.25, 0.3) is 5.56 Å². The van der Waals surface area contributed by atoms with Crippen molar-refractivity contribution in [1.29, 1.82) is 0 Å². The van der Waals surface area contributed by atoms with Crippen LogP contribution in [0.4, 0.5) is 0 Å². The van der Waals surface area contributed by atoms with Crippen LogP contribution in [-0.4, -0.2) is 16.9 Å². The molecule has 5 nitrogen and oxygen atoms in total. The fraction of sp³-hybridized carbons (Fsp3) is 0.136. The molecule has 0 aliphatic heterocycles. The molecule has 0 fully saturated rings. The minimum Gasteiger partial charge on any atom is -0.497 e. The van der Waals surface area contributed by atoms with Crippen LogP contribution in [0.15, 0.2) is 77.6 Å². The van der Waals surface area contributed by atoms with Crippen LogP contribution in [0, 0.1) is 0 Å². The summed E-state index contributed by atoms with van der Waals surface area (Å²) in [7, 11) is 1.59. The number of hydrogen-bond donors (Lipinski definition) is 1. The molecule has 4 aromatic rings. The number of ether oxygens (including phenoxy) is 2. The van der Waals surface area contributed by atoms with Crippen LogP contribution < -0.4 is 15.0 Å². The van der Waals surface area contributed by atoms with Crippen molar-refractivity contribution in [2.24, 2.45) is 0 Å². The zero-order chi connectivity index (χ0) is 18.6. The van der Waals surface area contributed by atoms with E-state index >= 15 is 0 Å². The van der Waals surface area contributed by atoms with Gasteiger partial charge < -0.3 is 9.47 Å². The average molecular weight is 360 g/mol. The first-order valence-electron chi connectivity index (χ1n) is 8.75. The first-order chi connectivity index (χ1) is 13.2. The van der Waals surface area contributed by atoms with Gasteiger partial charge in [-0.2, -0.15) is 0 Å². The number of H-pyrrole nitrogens is 1. The van der Waals surface area contributed by atoms with Crippen molar-refractivity contribution in [1.82, 2.24) is 9.78 Å². The van der Waals surface area contributed by atoms with Crippen LogP contribution >= 0.6 is 0 Å². The zero-order valence-electron chi connectivity index (χ0n) is 15.0. The van der Waals surface area contributed by atoms with Crippen molar-refractivity contribution in [3.63, 3.8) is 0 Å². The lowest BCUT2D eigenvalue weighted by atomic mass is 10.2. The maximum Gasteiger partial charge on any atom is 0.272 e. The Morgan fingerprint density at radius 1 is 0.889 bits per heavy atom. The summed E-state index contributed by atoms with van der Waals surface area (Å²) in [5, 5.41) is 3.51. The van der Waals surface area contributed by atoms with Crippen molar-refractivity contribution in [3.05, 3.63) is 94.3 Å². The Kier molecular flexibility index (Phi) is 4.66. The highest BCUT2D eigenvalue weighted by atomic mass is 16.5. The monoisotopic (exact) mass is 360 g/mol. The summed E-state index contributed by atoms with van der Waals surface area (Å²) in [4.78, 5) is 12.2. The van der Waals surface area contributed by atoms with E-state index in [4.69, 9.17) is 9.47 Å². The molecule has 1 N–H and O–H groups in total. The van der Waals surface area contributed by atoms with Crippen LogP contribution in [0.25, 0.3) is 10.9 Å². The second-order valence-corrected chi connectivity index (χ2v) is 6.33. The topological polar surface area (TPSA) is 56.2 Å². The summed E-state index contributed by atoms with van der Waals surface area (Å²) in [6.45, 7) is 1.11. The predicted molar refractivity (Wildman–Crippen MR) is 105 cm³/mol. The van der Waals surface area contributed by atoms with E-state index in [2.05, 4.69) is 5.10 Å². The van der Waals surface area contributed by atoms with Crippen molar-refractivity contribution in [2.45, 2.75) is 13.2 Å². The van der Waals surface area contributed by atoms with Gasteiger partial charge in [-0.05, 0) is 41.5 Å². The smallest absolute Gasteiger partial charge is 0.272 e. The standard InChI is InChI=1S/C22H20N2O3/c1-26-19-11-12-21-20(13-19)22(25)23-24(21)14-16-7-9-18(10-8-16)27-15-17-5-3-2-4-6-17/h2-13H,14-15H2,1H3,(H,23,25). The van der Waals surface area contributed by atoms with Gasteiger partial charge in [0.15, 0.2) is 0 Å². The van der Waals surface area contributed by atoms with Crippen molar-refractivity contribution < 1.29 is 9.47 Å². The van der Waals surface area contributed by atoms with Crippen LogP contribution in [0.3, 0.4) is 0 Å². The number of nitrogens with zero attached hydrogens (tertiary/aromatic N) is 1. The third-order valence-corrected chi connectivity index (χ3v) is 4.49. The molecule has 0 saturated heterocycles. The maximum atomic E-state index is 12.2. The molecule has 1 aromatic heterocycles.